The van der Waals surface area contributed by atoms with Gasteiger partial charge in [-0.3, -0.25) is 4.68 Å². The van der Waals surface area contributed by atoms with Crippen molar-refractivity contribution < 1.29 is 18.3 Å². The molecule has 0 radical (unpaired) electrons. The van der Waals surface area contributed by atoms with Crippen LogP contribution < -0.4 is 5.32 Å². The Labute approximate surface area is 147 Å². The van der Waals surface area contributed by atoms with E-state index >= 15 is 0 Å². The van der Waals surface area contributed by atoms with E-state index < -0.39 is 18.8 Å². The van der Waals surface area contributed by atoms with Gasteiger partial charge in [-0.25, -0.2) is 4.98 Å². The van der Waals surface area contributed by atoms with Crippen LogP contribution in [-0.4, -0.2) is 38.7 Å². The summed E-state index contributed by atoms with van der Waals surface area (Å²) < 4.78 is 37.8. The lowest BCUT2D eigenvalue weighted by atomic mass is 10.2. The highest BCUT2D eigenvalue weighted by Gasteiger charge is 2.28. The number of aliphatic hydroxyl groups is 1. The Morgan fingerprint density at radius 1 is 1.36 bits per heavy atom. The van der Waals surface area contributed by atoms with Gasteiger partial charge in [0.15, 0.2) is 0 Å². The number of halogens is 4. The second-order valence-electron chi connectivity index (χ2n) is 5.41. The maximum Gasteiger partial charge on any atom is 0.408 e. The van der Waals surface area contributed by atoms with Gasteiger partial charge in [-0.15, -0.1) is 0 Å². The Bertz CT molecular complexity index is 778. The van der Waals surface area contributed by atoms with Crippen molar-refractivity contribution in [2.45, 2.75) is 32.2 Å². The van der Waals surface area contributed by atoms with Crippen LogP contribution in [0, 0.1) is 11.8 Å². The predicted molar refractivity (Wildman–Crippen MR) is 88.3 cm³/mol. The van der Waals surface area contributed by atoms with Gasteiger partial charge < -0.3 is 10.4 Å². The fourth-order valence-electron chi connectivity index (χ4n) is 1.93. The zero-order chi connectivity index (χ0) is 18.4. The van der Waals surface area contributed by atoms with E-state index in [1.165, 1.54) is 18.6 Å². The lowest BCUT2D eigenvalue weighted by molar-refractivity contribution is -0.142. The maximum atomic E-state index is 12.3. The van der Waals surface area contributed by atoms with Crippen molar-refractivity contribution in [2.24, 2.45) is 0 Å². The molecule has 2 N–H and O–H groups in total. The van der Waals surface area contributed by atoms with Crippen molar-refractivity contribution in [1.29, 1.82) is 0 Å². The van der Waals surface area contributed by atoms with Gasteiger partial charge in [0.25, 0.3) is 0 Å². The van der Waals surface area contributed by atoms with E-state index in [0.717, 1.165) is 4.68 Å². The van der Waals surface area contributed by atoms with Gasteiger partial charge in [-0.05, 0) is 19.4 Å². The second-order valence-corrected chi connectivity index (χ2v) is 5.80. The molecule has 0 fully saturated rings. The number of hydrogen-bond donors (Lipinski definition) is 2. The van der Waals surface area contributed by atoms with Crippen LogP contribution >= 0.6 is 11.6 Å². The van der Waals surface area contributed by atoms with Crippen LogP contribution in [0.5, 0.6) is 0 Å². The topological polar surface area (TPSA) is 63.0 Å². The molecule has 1 atom stereocenters. The van der Waals surface area contributed by atoms with E-state index in [2.05, 4.69) is 27.2 Å². The molecule has 2 heterocycles. The van der Waals surface area contributed by atoms with Crippen LogP contribution in [-0.2, 0) is 6.54 Å². The van der Waals surface area contributed by atoms with Crippen molar-refractivity contribution in [2.75, 3.05) is 11.9 Å². The summed E-state index contributed by atoms with van der Waals surface area (Å²) in [6.07, 6.45) is -0.277. The van der Waals surface area contributed by atoms with Crippen LogP contribution in [0.2, 0.25) is 5.15 Å². The highest BCUT2D eigenvalue weighted by molar-refractivity contribution is 6.29. The molecular weight excluding hydrogens is 357 g/mol. The van der Waals surface area contributed by atoms with Gasteiger partial charge in [0.1, 0.15) is 11.7 Å². The van der Waals surface area contributed by atoms with Crippen LogP contribution in [0.25, 0.3) is 0 Å². The number of anilines is 1. The molecule has 134 valence electrons. The third-order valence-electron chi connectivity index (χ3n) is 3.06. The molecule has 9 heteroatoms. The summed E-state index contributed by atoms with van der Waals surface area (Å²) in [6, 6.07) is 1.60. The molecule has 0 bridgehead atoms. The van der Waals surface area contributed by atoms with Crippen LogP contribution in [0.4, 0.5) is 18.9 Å². The standard InChI is InChI=1S/C16H16ClF3N4O/c1-11(25)4-5-21-14-6-15(17)22-8-13(14)3-2-12-7-23-24(9-12)10-16(18,19)20/h6-9,11,25H,4-5,10H2,1H3,(H,21,22)/t11-/m1/s1. The van der Waals surface area contributed by atoms with E-state index in [4.69, 9.17) is 11.6 Å². The first-order valence-electron chi connectivity index (χ1n) is 7.41. The molecule has 0 saturated heterocycles. The van der Waals surface area contributed by atoms with E-state index in [0.29, 0.717) is 29.8 Å². The number of aromatic nitrogens is 3. The van der Waals surface area contributed by atoms with E-state index in [1.807, 2.05) is 0 Å². The van der Waals surface area contributed by atoms with Crippen LogP contribution in [0.15, 0.2) is 24.7 Å². The average Bonchev–Trinajstić information content (AvgIpc) is 2.91. The SMILES string of the molecule is C[C@@H](O)CCNc1cc(Cl)ncc1C#Cc1cnn(CC(F)(F)F)c1. The van der Waals surface area contributed by atoms with E-state index in [-0.39, 0.29) is 5.15 Å². The molecule has 2 aromatic heterocycles. The number of hydrogen-bond acceptors (Lipinski definition) is 4. The van der Waals surface area contributed by atoms with Gasteiger partial charge in [-0.2, -0.15) is 18.3 Å². The van der Waals surface area contributed by atoms with Crippen LogP contribution in [0.1, 0.15) is 24.5 Å². The summed E-state index contributed by atoms with van der Waals surface area (Å²) in [5, 5.41) is 16.3. The Balaban J connectivity index is 2.14. The highest BCUT2D eigenvalue weighted by Crippen LogP contribution is 2.19. The van der Waals surface area contributed by atoms with Crippen molar-refractivity contribution in [3.05, 3.63) is 40.9 Å². The summed E-state index contributed by atoms with van der Waals surface area (Å²) in [5.41, 5.74) is 1.53. The normalized spacial score (nSPS) is 12.4. The van der Waals surface area contributed by atoms with Crippen molar-refractivity contribution in [3.8, 4) is 11.8 Å². The summed E-state index contributed by atoms with van der Waals surface area (Å²) in [5.74, 6) is 5.59. The predicted octanol–water partition coefficient (Wildman–Crippen LogP) is 3.08. The lowest BCUT2D eigenvalue weighted by Gasteiger charge is -2.09. The van der Waals surface area contributed by atoms with Crippen molar-refractivity contribution >= 4 is 17.3 Å². The zero-order valence-electron chi connectivity index (χ0n) is 13.3. The first-order valence-corrected chi connectivity index (χ1v) is 7.79. The van der Waals surface area contributed by atoms with E-state index in [9.17, 15) is 18.3 Å². The molecule has 25 heavy (non-hydrogen) atoms. The quantitative estimate of drug-likeness (QED) is 0.625. The lowest BCUT2D eigenvalue weighted by Crippen LogP contribution is -2.17. The summed E-state index contributed by atoms with van der Waals surface area (Å²) in [4.78, 5) is 3.95. The van der Waals surface area contributed by atoms with Gasteiger partial charge in [-0.1, -0.05) is 23.4 Å². The maximum absolute atomic E-state index is 12.3. The van der Waals surface area contributed by atoms with Gasteiger partial charge in [0.2, 0.25) is 0 Å². The van der Waals surface area contributed by atoms with Crippen molar-refractivity contribution in [3.63, 3.8) is 0 Å². The Morgan fingerprint density at radius 2 is 2.12 bits per heavy atom. The fraction of sp³-hybridized carbons (Fsp3) is 0.375. The number of pyridine rings is 1. The summed E-state index contributed by atoms with van der Waals surface area (Å²) in [6.45, 7) is 1.03. The van der Waals surface area contributed by atoms with Crippen LogP contribution in [0.3, 0.4) is 0 Å². The number of aliphatic hydroxyl groups excluding tert-OH is 1. The fourth-order valence-corrected chi connectivity index (χ4v) is 2.09. The minimum absolute atomic E-state index is 0.281. The summed E-state index contributed by atoms with van der Waals surface area (Å²) >= 11 is 5.87. The second kappa shape index (κ2) is 8.23. The molecule has 0 aromatic carbocycles. The Kier molecular flexibility index (Phi) is 6.28. The smallest absolute Gasteiger partial charge is 0.393 e. The first kappa shape index (κ1) is 19.1. The van der Waals surface area contributed by atoms with Gasteiger partial charge in [0, 0.05) is 18.9 Å². The monoisotopic (exact) mass is 372 g/mol. The number of nitrogens with one attached hydrogen (secondary N) is 1. The third-order valence-corrected chi connectivity index (χ3v) is 3.27. The molecule has 2 rings (SSSR count). The molecule has 0 amide bonds. The largest absolute Gasteiger partial charge is 0.408 e. The molecule has 2 aromatic rings. The van der Waals surface area contributed by atoms with Gasteiger partial charge in [0.05, 0.1) is 29.1 Å². The average molecular weight is 373 g/mol. The number of alkyl halides is 3. The Hall–Kier alpha value is -2.24. The molecule has 0 saturated carbocycles. The molecule has 0 aliphatic heterocycles. The van der Waals surface area contributed by atoms with Gasteiger partial charge >= 0.3 is 6.18 Å². The minimum atomic E-state index is -4.34. The molecular formula is C16H16ClF3N4O. The van der Waals surface area contributed by atoms with E-state index in [1.54, 1.807) is 13.0 Å². The molecule has 0 aliphatic rings. The highest BCUT2D eigenvalue weighted by atomic mass is 35.5. The number of nitrogens with zero attached hydrogens (tertiary/aromatic N) is 3. The molecule has 0 aliphatic carbocycles. The number of rotatable bonds is 5. The third kappa shape index (κ3) is 6.64. The molecule has 0 spiro atoms. The molecule has 0 unspecified atom stereocenters. The van der Waals surface area contributed by atoms with Crippen molar-refractivity contribution in [1.82, 2.24) is 14.8 Å². The minimum Gasteiger partial charge on any atom is -0.393 e. The first-order chi connectivity index (χ1) is 11.7. The zero-order valence-corrected chi connectivity index (χ0v) is 14.1. The molecule has 5 nitrogen and oxygen atoms in total. The Morgan fingerprint density at radius 3 is 2.80 bits per heavy atom. The summed E-state index contributed by atoms with van der Waals surface area (Å²) in [7, 11) is 0.